The number of rotatable bonds is 1. The Labute approximate surface area is 126 Å². The molecule has 104 valence electrons. The first kappa shape index (κ1) is 14.7. The smallest absolute Gasteiger partial charge is 0.408 e. The summed E-state index contributed by atoms with van der Waals surface area (Å²) < 4.78 is 6.26. The Hall–Kier alpha value is -0.740. The van der Waals surface area contributed by atoms with Crippen molar-refractivity contribution in [3.63, 3.8) is 0 Å². The van der Waals surface area contributed by atoms with Gasteiger partial charge < -0.3 is 10.1 Å². The number of ether oxygens (including phenoxy) is 1. The van der Waals surface area contributed by atoms with Crippen LogP contribution in [0.5, 0.6) is 0 Å². The lowest BCUT2D eigenvalue weighted by molar-refractivity contribution is 0.0503. The summed E-state index contributed by atoms with van der Waals surface area (Å²) in [6.45, 7) is 5.55. The zero-order chi connectivity index (χ0) is 14.2. The van der Waals surface area contributed by atoms with Crippen LogP contribution in [0.2, 0.25) is 5.02 Å². The van der Waals surface area contributed by atoms with Crippen LogP contribution >= 0.6 is 27.5 Å². The number of fused-ring (bicyclic) bond motifs is 1. The highest BCUT2D eigenvalue weighted by Gasteiger charge is 2.29. The lowest BCUT2D eigenvalue weighted by Gasteiger charge is -2.22. The first-order valence-corrected chi connectivity index (χ1v) is 7.41. The van der Waals surface area contributed by atoms with Crippen molar-refractivity contribution in [2.45, 2.75) is 45.3 Å². The summed E-state index contributed by atoms with van der Waals surface area (Å²) in [5, 5.41) is 3.67. The number of nitrogens with one attached hydrogen (secondary N) is 1. The summed E-state index contributed by atoms with van der Waals surface area (Å²) in [7, 11) is 0. The maximum atomic E-state index is 11.8. The molecule has 0 radical (unpaired) electrons. The summed E-state index contributed by atoms with van der Waals surface area (Å²) in [5.74, 6) is 0. The van der Waals surface area contributed by atoms with E-state index in [4.69, 9.17) is 16.3 Å². The maximum absolute atomic E-state index is 11.8. The molecule has 19 heavy (non-hydrogen) atoms. The van der Waals surface area contributed by atoms with Gasteiger partial charge in [0.2, 0.25) is 0 Å². The molecule has 1 aliphatic rings. The fraction of sp³-hybridized carbons (Fsp3) is 0.500. The van der Waals surface area contributed by atoms with Crippen LogP contribution in [0.1, 0.15) is 44.4 Å². The summed E-state index contributed by atoms with van der Waals surface area (Å²) in [6.07, 6.45) is 1.32. The predicted octanol–water partition coefficient (Wildman–Crippen LogP) is 4.61. The van der Waals surface area contributed by atoms with E-state index in [2.05, 4.69) is 21.2 Å². The fourth-order valence-corrected chi connectivity index (χ4v) is 3.17. The number of amides is 1. The van der Waals surface area contributed by atoms with Crippen LogP contribution < -0.4 is 5.32 Å². The molecule has 1 atom stereocenters. The van der Waals surface area contributed by atoms with E-state index >= 15 is 0 Å². The summed E-state index contributed by atoms with van der Waals surface area (Å²) in [6, 6.07) is 3.74. The molecule has 3 nitrogen and oxygen atoms in total. The summed E-state index contributed by atoms with van der Waals surface area (Å²) in [4.78, 5) is 11.8. The Morgan fingerprint density at radius 2 is 2.16 bits per heavy atom. The van der Waals surface area contributed by atoms with Crippen LogP contribution in [0, 0.1) is 0 Å². The minimum absolute atomic E-state index is 0.0436. The van der Waals surface area contributed by atoms with Gasteiger partial charge in [0.25, 0.3) is 0 Å². The maximum Gasteiger partial charge on any atom is 0.408 e. The van der Waals surface area contributed by atoms with Crippen molar-refractivity contribution in [2.75, 3.05) is 0 Å². The SMILES string of the molecule is CC(C)(C)OC(=O)NC1CCc2c(Cl)ccc(Br)c21. The second-order valence-corrected chi connectivity index (χ2v) is 6.92. The molecule has 0 heterocycles. The van der Waals surface area contributed by atoms with Gasteiger partial charge in [-0.05, 0) is 56.9 Å². The Morgan fingerprint density at radius 3 is 2.79 bits per heavy atom. The number of alkyl carbamates (subject to hydrolysis) is 1. The van der Waals surface area contributed by atoms with Gasteiger partial charge in [-0.1, -0.05) is 27.5 Å². The summed E-state index contributed by atoms with van der Waals surface area (Å²) in [5.41, 5.74) is 1.69. The monoisotopic (exact) mass is 345 g/mol. The fourth-order valence-electron chi connectivity index (χ4n) is 2.27. The van der Waals surface area contributed by atoms with Crippen molar-refractivity contribution in [1.82, 2.24) is 5.32 Å². The molecule has 1 amide bonds. The van der Waals surface area contributed by atoms with Gasteiger partial charge in [0, 0.05) is 9.50 Å². The average molecular weight is 347 g/mol. The summed E-state index contributed by atoms with van der Waals surface area (Å²) >= 11 is 9.71. The predicted molar refractivity (Wildman–Crippen MR) is 79.6 cm³/mol. The molecule has 0 saturated heterocycles. The Kier molecular flexibility index (Phi) is 4.11. The number of hydrogen-bond donors (Lipinski definition) is 1. The second kappa shape index (κ2) is 5.33. The van der Waals surface area contributed by atoms with Crippen LogP contribution in [0.3, 0.4) is 0 Å². The van der Waals surface area contributed by atoms with Crippen molar-refractivity contribution in [3.8, 4) is 0 Å². The van der Waals surface area contributed by atoms with Crippen LogP contribution in [0.15, 0.2) is 16.6 Å². The first-order chi connectivity index (χ1) is 8.78. The second-order valence-electron chi connectivity index (χ2n) is 5.66. The quantitative estimate of drug-likeness (QED) is 0.806. The van der Waals surface area contributed by atoms with E-state index in [0.717, 1.165) is 33.5 Å². The molecule has 0 aliphatic heterocycles. The highest BCUT2D eigenvalue weighted by atomic mass is 79.9. The van der Waals surface area contributed by atoms with E-state index in [1.54, 1.807) is 0 Å². The molecule has 1 aliphatic carbocycles. The zero-order valence-corrected chi connectivity index (χ0v) is 13.6. The Bertz CT molecular complexity index is 511. The lowest BCUT2D eigenvalue weighted by Crippen LogP contribution is -2.34. The minimum Gasteiger partial charge on any atom is -0.444 e. The van der Waals surface area contributed by atoms with Crippen molar-refractivity contribution in [1.29, 1.82) is 0 Å². The molecule has 0 spiro atoms. The largest absolute Gasteiger partial charge is 0.444 e. The minimum atomic E-state index is -0.489. The molecule has 1 N–H and O–H groups in total. The van der Waals surface area contributed by atoms with E-state index < -0.39 is 11.7 Å². The zero-order valence-electron chi connectivity index (χ0n) is 11.2. The molecule has 1 aromatic carbocycles. The Balaban J connectivity index is 2.15. The number of halogens is 2. The Morgan fingerprint density at radius 1 is 1.47 bits per heavy atom. The van der Waals surface area contributed by atoms with Crippen LogP contribution in [-0.4, -0.2) is 11.7 Å². The molecular weight excluding hydrogens is 330 g/mol. The molecule has 0 aromatic heterocycles. The molecule has 0 saturated carbocycles. The van der Waals surface area contributed by atoms with Gasteiger partial charge in [0.15, 0.2) is 0 Å². The lowest BCUT2D eigenvalue weighted by atomic mass is 10.1. The van der Waals surface area contributed by atoms with Crippen LogP contribution in [0.25, 0.3) is 0 Å². The molecule has 0 fully saturated rings. The van der Waals surface area contributed by atoms with E-state index in [-0.39, 0.29) is 6.04 Å². The van der Waals surface area contributed by atoms with Crippen molar-refractivity contribution in [2.24, 2.45) is 0 Å². The molecule has 1 unspecified atom stereocenters. The van der Waals surface area contributed by atoms with Gasteiger partial charge in [-0.3, -0.25) is 0 Å². The molecule has 2 rings (SSSR count). The van der Waals surface area contributed by atoms with Crippen LogP contribution in [0.4, 0.5) is 4.79 Å². The van der Waals surface area contributed by atoms with E-state index in [9.17, 15) is 4.79 Å². The van der Waals surface area contributed by atoms with Crippen LogP contribution in [-0.2, 0) is 11.2 Å². The number of carbonyl (C=O) groups excluding carboxylic acids is 1. The van der Waals surface area contributed by atoms with Crippen molar-refractivity contribution in [3.05, 3.63) is 32.8 Å². The first-order valence-electron chi connectivity index (χ1n) is 6.24. The van der Waals surface area contributed by atoms with E-state index in [1.165, 1.54) is 0 Å². The molecule has 0 bridgehead atoms. The molecule has 5 heteroatoms. The highest BCUT2D eigenvalue weighted by Crippen LogP contribution is 2.40. The van der Waals surface area contributed by atoms with Gasteiger partial charge in [0.05, 0.1) is 6.04 Å². The number of hydrogen-bond acceptors (Lipinski definition) is 2. The molecular formula is C14H17BrClNO2. The topological polar surface area (TPSA) is 38.3 Å². The number of carbonyl (C=O) groups is 1. The van der Waals surface area contributed by atoms with Crippen molar-refractivity contribution >= 4 is 33.6 Å². The number of benzene rings is 1. The third-order valence-corrected chi connectivity index (χ3v) is 4.01. The third kappa shape index (κ3) is 3.42. The standard InChI is InChI=1S/C14H17BrClNO2/c1-14(2,3)19-13(18)17-11-7-4-8-10(16)6-5-9(15)12(8)11/h5-6,11H,4,7H2,1-3H3,(H,17,18). The van der Waals surface area contributed by atoms with Gasteiger partial charge in [0.1, 0.15) is 5.60 Å². The van der Waals surface area contributed by atoms with Gasteiger partial charge in [-0.25, -0.2) is 4.79 Å². The van der Waals surface area contributed by atoms with Crippen molar-refractivity contribution < 1.29 is 9.53 Å². The highest BCUT2D eigenvalue weighted by molar-refractivity contribution is 9.10. The average Bonchev–Trinajstić information content (AvgIpc) is 2.66. The molecule has 1 aromatic rings. The van der Waals surface area contributed by atoms with E-state index in [1.807, 2.05) is 32.9 Å². The van der Waals surface area contributed by atoms with Gasteiger partial charge in [-0.2, -0.15) is 0 Å². The third-order valence-electron chi connectivity index (χ3n) is 2.97. The normalized spacial score (nSPS) is 18.1. The van der Waals surface area contributed by atoms with E-state index in [0.29, 0.717) is 0 Å². The van der Waals surface area contributed by atoms with Gasteiger partial charge >= 0.3 is 6.09 Å². The van der Waals surface area contributed by atoms with Gasteiger partial charge in [-0.15, -0.1) is 0 Å².